The van der Waals surface area contributed by atoms with Gasteiger partial charge < -0.3 is 5.73 Å². The summed E-state index contributed by atoms with van der Waals surface area (Å²) in [5, 5.41) is 4.11. The Morgan fingerprint density at radius 3 is 2.37 bits per heavy atom. The molecule has 1 saturated carbocycles. The van der Waals surface area contributed by atoms with E-state index < -0.39 is 5.54 Å². The Morgan fingerprint density at radius 2 is 1.84 bits per heavy atom. The van der Waals surface area contributed by atoms with Crippen molar-refractivity contribution in [3.05, 3.63) is 34.9 Å². The molecule has 1 aliphatic carbocycles. The molecule has 104 valence electrons. The van der Waals surface area contributed by atoms with Gasteiger partial charge in [0, 0.05) is 11.1 Å². The maximum Gasteiger partial charge on any atom is 0.242 e. The number of nitrogens with one attached hydrogen (secondary N) is 1. The first-order chi connectivity index (χ1) is 9.02. The lowest BCUT2D eigenvalue weighted by molar-refractivity contribution is -0.124. The highest BCUT2D eigenvalue weighted by Crippen LogP contribution is 2.26. The Kier molecular flexibility index (Phi) is 4.48. The Hall–Kier alpha value is -1.06. The van der Waals surface area contributed by atoms with Gasteiger partial charge >= 0.3 is 0 Å². The van der Waals surface area contributed by atoms with E-state index in [1.54, 1.807) is 12.1 Å². The summed E-state index contributed by atoms with van der Waals surface area (Å²) < 4.78 is 0. The maximum absolute atomic E-state index is 11.9. The molecule has 0 saturated heterocycles. The van der Waals surface area contributed by atoms with E-state index in [-0.39, 0.29) is 5.91 Å². The van der Waals surface area contributed by atoms with Gasteiger partial charge in [-0.2, -0.15) is 0 Å². The van der Waals surface area contributed by atoms with E-state index in [0.717, 1.165) is 18.4 Å². The minimum Gasteiger partial charge on any atom is -0.368 e. The lowest BCUT2D eigenvalue weighted by Gasteiger charge is -2.34. The minimum absolute atomic E-state index is 0.347. The highest BCUT2D eigenvalue weighted by atomic mass is 35.5. The van der Waals surface area contributed by atoms with Crippen molar-refractivity contribution in [1.82, 2.24) is 5.32 Å². The first-order valence-corrected chi connectivity index (χ1v) is 7.24. The maximum atomic E-state index is 11.9. The Balaban J connectivity index is 2.21. The minimum atomic E-state index is -0.827. The standard InChI is InChI=1S/C15H21ClN2O/c1-15(14(17)19,11-7-9-12(16)10-8-11)18-13-5-3-2-4-6-13/h7-10,13,18H,2-6H2,1H3,(H2,17,19). The van der Waals surface area contributed by atoms with E-state index in [1.807, 2.05) is 19.1 Å². The summed E-state index contributed by atoms with van der Waals surface area (Å²) in [7, 11) is 0. The molecular weight excluding hydrogens is 260 g/mol. The highest BCUT2D eigenvalue weighted by molar-refractivity contribution is 6.30. The molecule has 1 unspecified atom stereocenters. The largest absolute Gasteiger partial charge is 0.368 e. The zero-order valence-corrected chi connectivity index (χ0v) is 12.0. The van der Waals surface area contributed by atoms with Crippen LogP contribution in [0.3, 0.4) is 0 Å². The summed E-state index contributed by atoms with van der Waals surface area (Å²) in [6.07, 6.45) is 5.93. The molecule has 4 heteroatoms. The van der Waals surface area contributed by atoms with Crippen molar-refractivity contribution in [2.24, 2.45) is 5.73 Å². The monoisotopic (exact) mass is 280 g/mol. The van der Waals surface area contributed by atoms with Gasteiger partial charge in [-0.3, -0.25) is 10.1 Å². The van der Waals surface area contributed by atoms with Crippen LogP contribution in [0, 0.1) is 0 Å². The first kappa shape index (κ1) is 14.4. The molecule has 1 aromatic rings. The lowest BCUT2D eigenvalue weighted by atomic mass is 9.87. The van der Waals surface area contributed by atoms with Gasteiger partial charge in [0.2, 0.25) is 5.91 Å². The molecule has 0 spiro atoms. The Labute approximate surface area is 119 Å². The van der Waals surface area contributed by atoms with Crippen molar-refractivity contribution >= 4 is 17.5 Å². The van der Waals surface area contributed by atoms with Crippen LogP contribution in [0.4, 0.5) is 0 Å². The smallest absolute Gasteiger partial charge is 0.242 e. The van der Waals surface area contributed by atoms with Crippen LogP contribution in [-0.4, -0.2) is 11.9 Å². The van der Waals surface area contributed by atoms with Crippen LogP contribution in [0.25, 0.3) is 0 Å². The summed E-state index contributed by atoms with van der Waals surface area (Å²) >= 11 is 5.90. The molecule has 3 nitrogen and oxygen atoms in total. The van der Waals surface area contributed by atoms with Crippen LogP contribution >= 0.6 is 11.6 Å². The summed E-state index contributed by atoms with van der Waals surface area (Å²) in [6, 6.07) is 7.68. The average Bonchev–Trinajstić information content (AvgIpc) is 2.40. The van der Waals surface area contributed by atoms with Gasteiger partial charge in [-0.25, -0.2) is 0 Å². The third-order valence-corrected chi connectivity index (χ3v) is 4.26. The third kappa shape index (κ3) is 3.28. The molecule has 0 heterocycles. The summed E-state index contributed by atoms with van der Waals surface area (Å²) in [6.45, 7) is 1.85. The van der Waals surface area contributed by atoms with E-state index in [2.05, 4.69) is 5.32 Å². The molecule has 0 radical (unpaired) electrons. The fourth-order valence-corrected chi connectivity index (χ4v) is 2.86. The fraction of sp³-hybridized carbons (Fsp3) is 0.533. The van der Waals surface area contributed by atoms with Crippen molar-refractivity contribution in [2.45, 2.75) is 50.6 Å². The number of amides is 1. The van der Waals surface area contributed by atoms with Crippen LogP contribution in [0.5, 0.6) is 0 Å². The number of carbonyl (C=O) groups is 1. The number of hydrogen-bond acceptors (Lipinski definition) is 2. The molecule has 1 fully saturated rings. The number of hydrogen-bond donors (Lipinski definition) is 2. The Morgan fingerprint density at radius 1 is 1.26 bits per heavy atom. The predicted molar refractivity (Wildman–Crippen MR) is 78.0 cm³/mol. The second-order valence-corrected chi connectivity index (χ2v) is 5.91. The van der Waals surface area contributed by atoms with Gasteiger partial charge in [0.25, 0.3) is 0 Å². The van der Waals surface area contributed by atoms with Crippen molar-refractivity contribution < 1.29 is 4.79 Å². The van der Waals surface area contributed by atoms with Crippen molar-refractivity contribution in [2.75, 3.05) is 0 Å². The number of nitrogens with two attached hydrogens (primary N) is 1. The number of halogens is 1. The second-order valence-electron chi connectivity index (χ2n) is 5.48. The van der Waals surface area contributed by atoms with Gasteiger partial charge in [-0.1, -0.05) is 43.0 Å². The van der Waals surface area contributed by atoms with E-state index >= 15 is 0 Å². The lowest BCUT2D eigenvalue weighted by Crippen LogP contribution is -2.54. The van der Waals surface area contributed by atoms with Crippen LogP contribution < -0.4 is 11.1 Å². The zero-order valence-electron chi connectivity index (χ0n) is 11.3. The van der Waals surface area contributed by atoms with Gasteiger partial charge in [0.1, 0.15) is 5.54 Å². The Bertz CT molecular complexity index is 440. The van der Waals surface area contributed by atoms with Gasteiger partial charge in [0.15, 0.2) is 0 Å². The number of carbonyl (C=O) groups excluding carboxylic acids is 1. The number of primary amides is 1. The molecule has 19 heavy (non-hydrogen) atoms. The SMILES string of the molecule is CC(NC1CCCCC1)(C(N)=O)c1ccc(Cl)cc1. The van der Waals surface area contributed by atoms with Crippen molar-refractivity contribution in [3.8, 4) is 0 Å². The van der Waals surface area contributed by atoms with Gasteiger partial charge in [-0.15, -0.1) is 0 Å². The number of benzene rings is 1. The van der Waals surface area contributed by atoms with Crippen LogP contribution in [0.15, 0.2) is 24.3 Å². The molecule has 1 aromatic carbocycles. The van der Waals surface area contributed by atoms with E-state index in [4.69, 9.17) is 17.3 Å². The average molecular weight is 281 g/mol. The molecule has 0 bridgehead atoms. The molecule has 2 rings (SSSR count). The quantitative estimate of drug-likeness (QED) is 0.891. The van der Waals surface area contributed by atoms with E-state index in [1.165, 1.54) is 19.3 Å². The van der Waals surface area contributed by atoms with Crippen LogP contribution in [0.2, 0.25) is 5.02 Å². The van der Waals surface area contributed by atoms with Crippen molar-refractivity contribution in [3.63, 3.8) is 0 Å². The predicted octanol–water partition coefficient (Wildman–Crippen LogP) is 2.96. The molecule has 1 aliphatic rings. The van der Waals surface area contributed by atoms with Gasteiger partial charge in [0.05, 0.1) is 0 Å². The van der Waals surface area contributed by atoms with Crippen molar-refractivity contribution in [1.29, 1.82) is 0 Å². The van der Waals surface area contributed by atoms with Gasteiger partial charge in [-0.05, 0) is 37.5 Å². The van der Waals surface area contributed by atoms with Crippen LogP contribution in [0.1, 0.15) is 44.6 Å². The summed E-state index contributed by atoms with van der Waals surface area (Å²) in [5.41, 5.74) is 5.67. The van der Waals surface area contributed by atoms with E-state index in [9.17, 15) is 4.79 Å². The number of rotatable bonds is 4. The normalized spacial score (nSPS) is 19.9. The molecule has 0 aromatic heterocycles. The summed E-state index contributed by atoms with van der Waals surface area (Å²) in [4.78, 5) is 11.9. The molecule has 1 atom stereocenters. The zero-order chi connectivity index (χ0) is 13.9. The second kappa shape index (κ2) is 5.93. The molecule has 3 N–H and O–H groups in total. The molecular formula is C15H21ClN2O. The highest BCUT2D eigenvalue weighted by Gasteiger charge is 2.35. The fourth-order valence-electron chi connectivity index (χ4n) is 2.74. The van der Waals surface area contributed by atoms with E-state index in [0.29, 0.717) is 11.1 Å². The molecule has 0 aliphatic heterocycles. The topological polar surface area (TPSA) is 55.1 Å². The third-order valence-electron chi connectivity index (χ3n) is 4.01. The molecule has 1 amide bonds. The first-order valence-electron chi connectivity index (χ1n) is 6.86. The summed E-state index contributed by atoms with van der Waals surface area (Å²) in [5.74, 6) is -0.347. The van der Waals surface area contributed by atoms with Crippen LogP contribution in [-0.2, 0) is 10.3 Å².